The summed E-state index contributed by atoms with van der Waals surface area (Å²) in [5.41, 5.74) is 3.63. The van der Waals surface area contributed by atoms with Crippen LogP contribution in [0.5, 0.6) is 5.75 Å². The molecule has 1 rings (SSSR count). The zero-order valence-electron chi connectivity index (χ0n) is 13.5. The molecule has 4 heteroatoms. The van der Waals surface area contributed by atoms with Crippen LogP contribution in [-0.2, 0) is 0 Å². The van der Waals surface area contributed by atoms with Crippen molar-refractivity contribution in [2.24, 2.45) is 0 Å². The lowest BCUT2D eigenvalue weighted by Gasteiger charge is -2.20. The molecule has 3 N–H and O–H groups in total. The van der Waals surface area contributed by atoms with Crippen LogP contribution in [-0.4, -0.2) is 29.9 Å². The summed E-state index contributed by atoms with van der Waals surface area (Å²) >= 11 is 0. The first-order chi connectivity index (χ1) is 8.69. The lowest BCUT2D eigenvalue weighted by Crippen LogP contribution is -3.00. The number of hydrogen-bond acceptors (Lipinski definition) is 2. The molecule has 0 bridgehead atoms. The maximum atomic E-state index is 9.95. The van der Waals surface area contributed by atoms with E-state index < -0.39 is 6.10 Å². The molecular weight excluding hydrogens is 274 g/mol. The third-order valence-electron chi connectivity index (χ3n) is 3.03. The van der Waals surface area contributed by atoms with Crippen molar-refractivity contribution in [2.45, 2.75) is 53.2 Å². The second kappa shape index (κ2) is 7.87. The molecule has 0 aliphatic heterocycles. The smallest absolute Gasteiger partial charge is 0.137 e. The minimum atomic E-state index is -0.445. The van der Waals surface area contributed by atoms with Gasteiger partial charge < -0.3 is 27.6 Å². The van der Waals surface area contributed by atoms with E-state index in [0.29, 0.717) is 13.2 Å². The highest BCUT2D eigenvalue weighted by Gasteiger charge is 2.17. The first-order valence-electron chi connectivity index (χ1n) is 6.92. The molecule has 0 saturated heterocycles. The minimum Gasteiger partial charge on any atom is -1.00 e. The Morgan fingerprint density at radius 1 is 1.15 bits per heavy atom. The molecule has 116 valence electrons. The topological polar surface area (TPSA) is 46.1 Å². The van der Waals surface area contributed by atoms with Crippen molar-refractivity contribution >= 4 is 0 Å². The van der Waals surface area contributed by atoms with Crippen molar-refractivity contribution in [1.82, 2.24) is 0 Å². The molecule has 0 spiro atoms. The first kappa shape index (κ1) is 19.2. The standard InChI is InChI=1S/C16H27NO2.ClH/c1-11-7-12(2)15(13(3)8-11)19-10-14(18)9-17-16(4,5)6;/h7-8,14,17-18H,9-10H2,1-6H3;1H. The van der Waals surface area contributed by atoms with Crippen molar-refractivity contribution in [3.8, 4) is 5.75 Å². The van der Waals surface area contributed by atoms with Gasteiger partial charge in [0, 0.05) is 0 Å². The number of nitrogens with two attached hydrogens (primary N) is 1. The quantitative estimate of drug-likeness (QED) is 0.711. The van der Waals surface area contributed by atoms with Crippen LogP contribution >= 0.6 is 0 Å². The van der Waals surface area contributed by atoms with Gasteiger partial charge in [-0.3, -0.25) is 0 Å². The van der Waals surface area contributed by atoms with E-state index in [9.17, 15) is 5.11 Å². The van der Waals surface area contributed by atoms with Crippen LogP contribution in [0, 0.1) is 20.8 Å². The summed E-state index contributed by atoms with van der Waals surface area (Å²) in [6, 6.07) is 4.21. The number of aliphatic hydroxyl groups is 1. The van der Waals surface area contributed by atoms with E-state index in [1.54, 1.807) is 0 Å². The Labute approximate surface area is 129 Å². The molecule has 1 atom stereocenters. The van der Waals surface area contributed by atoms with Gasteiger partial charge in [-0.25, -0.2) is 0 Å². The van der Waals surface area contributed by atoms with Crippen molar-refractivity contribution in [3.05, 3.63) is 28.8 Å². The first-order valence-corrected chi connectivity index (χ1v) is 6.92. The Morgan fingerprint density at radius 2 is 1.65 bits per heavy atom. The molecule has 0 amide bonds. The Bertz CT molecular complexity index is 404. The third kappa shape index (κ3) is 6.60. The second-order valence-corrected chi connectivity index (χ2v) is 6.50. The average Bonchev–Trinajstić information content (AvgIpc) is 2.23. The van der Waals surface area contributed by atoms with Crippen LogP contribution in [0.2, 0.25) is 0 Å². The van der Waals surface area contributed by atoms with Gasteiger partial charge >= 0.3 is 0 Å². The fourth-order valence-corrected chi connectivity index (χ4v) is 2.13. The highest BCUT2D eigenvalue weighted by molar-refractivity contribution is 5.42. The van der Waals surface area contributed by atoms with Gasteiger partial charge in [-0.05, 0) is 52.7 Å². The maximum absolute atomic E-state index is 9.95. The minimum absolute atomic E-state index is 0. The van der Waals surface area contributed by atoms with Crippen molar-refractivity contribution < 1.29 is 27.6 Å². The normalized spacial score (nSPS) is 12.8. The molecule has 0 saturated carbocycles. The predicted octanol–water partition coefficient (Wildman–Crippen LogP) is -1.28. The Hall–Kier alpha value is -0.770. The van der Waals surface area contributed by atoms with E-state index in [1.807, 2.05) is 13.8 Å². The van der Waals surface area contributed by atoms with Crippen molar-refractivity contribution in [1.29, 1.82) is 0 Å². The number of aliphatic hydroxyl groups excluding tert-OH is 1. The maximum Gasteiger partial charge on any atom is 0.137 e. The third-order valence-corrected chi connectivity index (χ3v) is 3.03. The molecule has 1 aromatic rings. The van der Waals surface area contributed by atoms with Gasteiger partial charge in [-0.1, -0.05) is 17.7 Å². The number of rotatable bonds is 5. The van der Waals surface area contributed by atoms with E-state index in [4.69, 9.17) is 4.74 Å². The summed E-state index contributed by atoms with van der Waals surface area (Å²) in [4.78, 5) is 0. The summed E-state index contributed by atoms with van der Waals surface area (Å²) in [6.07, 6.45) is -0.445. The van der Waals surface area contributed by atoms with E-state index in [2.05, 4.69) is 45.1 Å². The second-order valence-electron chi connectivity index (χ2n) is 6.50. The Kier molecular flexibility index (Phi) is 7.56. The molecular formula is C16H28ClNO2. The lowest BCUT2D eigenvalue weighted by molar-refractivity contribution is -0.722. The number of halogens is 1. The molecule has 0 aromatic heterocycles. The predicted molar refractivity (Wildman–Crippen MR) is 78.7 cm³/mol. The highest BCUT2D eigenvalue weighted by atomic mass is 35.5. The fraction of sp³-hybridized carbons (Fsp3) is 0.625. The van der Waals surface area contributed by atoms with Gasteiger partial charge in [0.15, 0.2) is 0 Å². The van der Waals surface area contributed by atoms with Crippen LogP contribution in [0.3, 0.4) is 0 Å². The Morgan fingerprint density at radius 3 is 2.10 bits per heavy atom. The molecule has 0 aliphatic carbocycles. The van der Waals surface area contributed by atoms with Crippen molar-refractivity contribution in [2.75, 3.05) is 13.2 Å². The summed E-state index contributed by atoms with van der Waals surface area (Å²) in [6.45, 7) is 13.6. The largest absolute Gasteiger partial charge is 1.00 e. The number of ether oxygens (including phenoxy) is 1. The summed E-state index contributed by atoms with van der Waals surface area (Å²) in [5, 5.41) is 12.1. The van der Waals surface area contributed by atoms with Gasteiger partial charge in [0.1, 0.15) is 25.0 Å². The number of hydrogen-bond donors (Lipinski definition) is 2. The molecule has 0 radical (unpaired) electrons. The molecule has 3 nitrogen and oxygen atoms in total. The van der Waals surface area contributed by atoms with E-state index in [1.165, 1.54) is 5.56 Å². The van der Waals surface area contributed by atoms with Crippen molar-refractivity contribution in [3.63, 3.8) is 0 Å². The summed E-state index contributed by atoms with van der Waals surface area (Å²) in [7, 11) is 0. The number of aryl methyl sites for hydroxylation is 3. The average molecular weight is 302 g/mol. The molecule has 1 aromatic carbocycles. The lowest BCUT2D eigenvalue weighted by atomic mass is 10.1. The summed E-state index contributed by atoms with van der Waals surface area (Å²) in [5.74, 6) is 0.903. The molecule has 0 aliphatic rings. The zero-order chi connectivity index (χ0) is 14.6. The van der Waals surface area contributed by atoms with E-state index in [-0.39, 0.29) is 17.9 Å². The van der Waals surface area contributed by atoms with Gasteiger partial charge in [0.25, 0.3) is 0 Å². The SMILES string of the molecule is Cc1cc(C)c(OCC(O)C[NH2+]C(C)(C)C)c(C)c1.[Cl-]. The van der Waals surface area contributed by atoms with Gasteiger partial charge in [-0.2, -0.15) is 0 Å². The monoisotopic (exact) mass is 301 g/mol. The van der Waals surface area contributed by atoms with Gasteiger partial charge in [-0.15, -0.1) is 0 Å². The summed E-state index contributed by atoms with van der Waals surface area (Å²) < 4.78 is 5.78. The van der Waals surface area contributed by atoms with Crippen LogP contribution in [0.25, 0.3) is 0 Å². The molecule has 20 heavy (non-hydrogen) atoms. The zero-order valence-corrected chi connectivity index (χ0v) is 14.2. The van der Waals surface area contributed by atoms with Crippen LogP contribution in [0.1, 0.15) is 37.5 Å². The van der Waals surface area contributed by atoms with Crippen LogP contribution in [0.15, 0.2) is 12.1 Å². The molecule has 1 unspecified atom stereocenters. The fourth-order valence-electron chi connectivity index (χ4n) is 2.13. The van der Waals surface area contributed by atoms with Gasteiger partial charge in [0.05, 0.1) is 5.54 Å². The van der Waals surface area contributed by atoms with Crippen LogP contribution < -0.4 is 22.5 Å². The molecule has 0 heterocycles. The molecule has 0 fully saturated rings. The Balaban J connectivity index is 0.00000361. The highest BCUT2D eigenvalue weighted by Crippen LogP contribution is 2.24. The van der Waals surface area contributed by atoms with Crippen LogP contribution in [0.4, 0.5) is 0 Å². The number of benzene rings is 1. The van der Waals surface area contributed by atoms with Gasteiger partial charge in [0.2, 0.25) is 0 Å². The number of quaternary nitrogens is 1. The van der Waals surface area contributed by atoms with E-state index in [0.717, 1.165) is 16.9 Å². The van der Waals surface area contributed by atoms with E-state index >= 15 is 0 Å².